The normalized spacial score (nSPS) is 14.5. The zero-order valence-corrected chi connectivity index (χ0v) is 12.3. The first-order valence-electron chi connectivity index (χ1n) is 7.12. The van der Waals surface area contributed by atoms with Gasteiger partial charge in [0.25, 0.3) is 0 Å². The monoisotopic (exact) mass is 299 g/mol. The van der Waals surface area contributed by atoms with Crippen molar-refractivity contribution in [2.24, 2.45) is 0 Å². The van der Waals surface area contributed by atoms with Crippen LogP contribution >= 0.6 is 0 Å². The van der Waals surface area contributed by atoms with Gasteiger partial charge in [-0.2, -0.15) is 0 Å². The predicted octanol–water partition coefficient (Wildman–Crippen LogP) is 0.862. The SMILES string of the molecule is CC(=O)Nc1ccc(CC(=O)N2CC(n3ccnn3)C2)cc1. The molecule has 2 aromatic rings. The molecule has 1 aromatic heterocycles. The summed E-state index contributed by atoms with van der Waals surface area (Å²) in [6.45, 7) is 2.81. The highest BCUT2D eigenvalue weighted by Gasteiger charge is 2.32. The second-order valence-corrected chi connectivity index (χ2v) is 5.39. The summed E-state index contributed by atoms with van der Waals surface area (Å²) in [7, 11) is 0. The Morgan fingerprint density at radius 2 is 2.00 bits per heavy atom. The average molecular weight is 299 g/mol. The average Bonchev–Trinajstić information content (AvgIpc) is 2.92. The Hall–Kier alpha value is -2.70. The third kappa shape index (κ3) is 3.13. The van der Waals surface area contributed by atoms with E-state index in [4.69, 9.17) is 0 Å². The van der Waals surface area contributed by atoms with Gasteiger partial charge in [0.05, 0.1) is 18.7 Å². The van der Waals surface area contributed by atoms with Gasteiger partial charge in [-0.1, -0.05) is 17.3 Å². The van der Waals surface area contributed by atoms with E-state index in [1.54, 1.807) is 23.0 Å². The number of nitrogens with zero attached hydrogens (tertiary/aromatic N) is 4. The fourth-order valence-corrected chi connectivity index (χ4v) is 2.43. The number of anilines is 1. The first-order valence-corrected chi connectivity index (χ1v) is 7.12. The van der Waals surface area contributed by atoms with E-state index in [1.165, 1.54) is 6.92 Å². The minimum Gasteiger partial charge on any atom is -0.338 e. The summed E-state index contributed by atoms with van der Waals surface area (Å²) in [4.78, 5) is 25.0. The molecule has 7 heteroatoms. The predicted molar refractivity (Wildman–Crippen MR) is 80.1 cm³/mol. The maximum atomic E-state index is 12.2. The van der Waals surface area contributed by atoms with Gasteiger partial charge in [-0.15, -0.1) is 5.10 Å². The lowest BCUT2D eigenvalue weighted by Crippen LogP contribution is -2.51. The summed E-state index contributed by atoms with van der Waals surface area (Å²) in [5, 5.41) is 10.4. The van der Waals surface area contributed by atoms with Crippen molar-refractivity contribution >= 4 is 17.5 Å². The van der Waals surface area contributed by atoms with Gasteiger partial charge in [0.2, 0.25) is 11.8 Å². The zero-order chi connectivity index (χ0) is 15.5. The maximum absolute atomic E-state index is 12.2. The van der Waals surface area contributed by atoms with Crippen molar-refractivity contribution in [2.45, 2.75) is 19.4 Å². The van der Waals surface area contributed by atoms with Crippen molar-refractivity contribution in [3.63, 3.8) is 0 Å². The van der Waals surface area contributed by atoms with Crippen molar-refractivity contribution < 1.29 is 9.59 Å². The number of carbonyl (C=O) groups excluding carboxylic acids is 2. The summed E-state index contributed by atoms with van der Waals surface area (Å²) in [6.07, 6.45) is 3.82. The molecule has 1 fully saturated rings. The highest BCUT2D eigenvalue weighted by Crippen LogP contribution is 2.21. The van der Waals surface area contributed by atoms with E-state index in [2.05, 4.69) is 15.6 Å². The van der Waals surface area contributed by atoms with Crippen LogP contribution in [0, 0.1) is 0 Å². The molecule has 3 rings (SSSR count). The maximum Gasteiger partial charge on any atom is 0.227 e. The molecule has 0 bridgehead atoms. The number of rotatable bonds is 4. The van der Waals surface area contributed by atoms with Crippen LogP contribution in [0.25, 0.3) is 0 Å². The molecule has 0 atom stereocenters. The van der Waals surface area contributed by atoms with Gasteiger partial charge in [0, 0.05) is 31.9 Å². The molecule has 0 spiro atoms. The third-order valence-electron chi connectivity index (χ3n) is 3.66. The van der Waals surface area contributed by atoms with Gasteiger partial charge in [0.15, 0.2) is 0 Å². The molecule has 0 aliphatic carbocycles. The number of aromatic nitrogens is 3. The van der Waals surface area contributed by atoms with Crippen LogP contribution < -0.4 is 5.32 Å². The standard InChI is InChI=1S/C15H17N5O2/c1-11(21)17-13-4-2-12(3-5-13)8-15(22)19-9-14(10-19)20-7-6-16-18-20/h2-7,14H,8-10H2,1H3,(H,17,21). The van der Waals surface area contributed by atoms with E-state index >= 15 is 0 Å². The molecule has 7 nitrogen and oxygen atoms in total. The van der Waals surface area contributed by atoms with Crippen LogP contribution in [0.4, 0.5) is 5.69 Å². The van der Waals surface area contributed by atoms with E-state index in [1.807, 2.05) is 23.2 Å². The molecule has 1 N–H and O–H groups in total. The number of nitrogens with one attached hydrogen (secondary N) is 1. The van der Waals surface area contributed by atoms with Crippen LogP contribution in [0.15, 0.2) is 36.7 Å². The van der Waals surface area contributed by atoms with E-state index < -0.39 is 0 Å². The van der Waals surface area contributed by atoms with Gasteiger partial charge < -0.3 is 10.2 Å². The molecule has 1 saturated heterocycles. The van der Waals surface area contributed by atoms with Gasteiger partial charge in [-0.05, 0) is 17.7 Å². The Balaban J connectivity index is 1.51. The summed E-state index contributed by atoms with van der Waals surface area (Å²) in [6, 6.07) is 7.56. The molecule has 1 aliphatic rings. The van der Waals surface area contributed by atoms with Crippen LogP contribution in [0.2, 0.25) is 0 Å². The summed E-state index contributed by atoms with van der Waals surface area (Å²) in [5.74, 6) is -0.00722. The van der Waals surface area contributed by atoms with Crippen LogP contribution in [0.3, 0.4) is 0 Å². The van der Waals surface area contributed by atoms with E-state index in [0.29, 0.717) is 19.5 Å². The van der Waals surface area contributed by atoms with E-state index in [0.717, 1.165) is 11.3 Å². The van der Waals surface area contributed by atoms with Crippen molar-refractivity contribution in [3.05, 3.63) is 42.2 Å². The number of likely N-dealkylation sites (tertiary alicyclic amines) is 1. The van der Waals surface area contributed by atoms with Crippen LogP contribution in [0.5, 0.6) is 0 Å². The molecular formula is C15H17N5O2. The second kappa shape index (κ2) is 5.97. The molecule has 0 saturated carbocycles. The Morgan fingerprint density at radius 1 is 1.27 bits per heavy atom. The summed E-state index contributed by atoms with van der Waals surface area (Å²) < 4.78 is 1.78. The van der Waals surface area contributed by atoms with Crippen LogP contribution in [-0.4, -0.2) is 44.8 Å². The van der Waals surface area contributed by atoms with Gasteiger partial charge in [0.1, 0.15) is 0 Å². The molecule has 2 heterocycles. The van der Waals surface area contributed by atoms with Crippen LogP contribution in [0.1, 0.15) is 18.5 Å². The summed E-state index contributed by atoms with van der Waals surface area (Å²) >= 11 is 0. The molecule has 1 aromatic carbocycles. The molecule has 1 aliphatic heterocycles. The largest absolute Gasteiger partial charge is 0.338 e. The van der Waals surface area contributed by atoms with E-state index in [-0.39, 0.29) is 17.9 Å². The van der Waals surface area contributed by atoms with Crippen molar-refractivity contribution in [3.8, 4) is 0 Å². The Labute approximate surface area is 127 Å². The Morgan fingerprint density at radius 3 is 2.59 bits per heavy atom. The van der Waals surface area contributed by atoms with Gasteiger partial charge in [-0.25, -0.2) is 4.68 Å². The fraction of sp³-hybridized carbons (Fsp3) is 0.333. The van der Waals surface area contributed by atoms with Gasteiger partial charge >= 0.3 is 0 Å². The second-order valence-electron chi connectivity index (χ2n) is 5.39. The van der Waals surface area contributed by atoms with Crippen molar-refractivity contribution in [2.75, 3.05) is 18.4 Å². The van der Waals surface area contributed by atoms with Gasteiger partial charge in [-0.3, -0.25) is 9.59 Å². The highest BCUT2D eigenvalue weighted by atomic mass is 16.2. The lowest BCUT2D eigenvalue weighted by molar-refractivity contribution is -0.136. The molecule has 0 radical (unpaired) electrons. The minimum absolute atomic E-state index is 0.101. The smallest absolute Gasteiger partial charge is 0.227 e. The fourth-order valence-electron chi connectivity index (χ4n) is 2.43. The molecule has 2 amide bonds. The summed E-state index contributed by atoms with van der Waals surface area (Å²) in [5.41, 5.74) is 1.67. The quantitative estimate of drug-likeness (QED) is 0.908. The third-order valence-corrected chi connectivity index (χ3v) is 3.66. The first kappa shape index (κ1) is 14.2. The molecule has 114 valence electrons. The van der Waals surface area contributed by atoms with Crippen molar-refractivity contribution in [1.82, 2.24) is 19.9 Å². The Kier molecular flexibility index (Phi) is 3.86. The van der Waals surface area contributed by atoms with Crippen molar-refractivity contribution in [1.29, 1.82) is 0 Å². The number of hydrogen-bond donors (Lipinski definition) is 1. The molecule has 22 heavy (non-hydrogen) atoms. The number of benzene rings is 1. The Bertz CT molecular complexity index is 660. The zero-order valence-electron chi connectivity index (χ0n) is 12.3. The topological polar surface area (TPSA) is 80.1 Å². The minimum atomic E-state index is -0.108. The lowest BCUT2D eigenvalue weighted by Gasteiger charge is -2.38. The number of carbonyl (C=O) groups is 2. The lowest BCUT2D eigenvalue weighted by atomic mass is 10.1. The van der Waals surface area contributed by atoms with E-state index in [9.17, 15) is 9.59 Å². The first-order chi connectivity index (χ1) is 10.6. The molecular weight excluding hydrogens is 282 g/mol. The highest BCUT2D eigenvalue weighted by molar-refractivity contribution is 5.88. The number of amides is 2. The molecule has 0 unspecified atom stereocenters. The van der Waals surface area contributed by atoms with Crippen LogP contribution in [-0.2, 0) is 16.0 Å². The number of hydrogen-bond acceptors (Lipinski definition) is 4.